The first-order chi connectivity index (χ1) is 16.3. The van der Waals surface area contributed by atoms with E-state index in [1.165, 1.54) is 30.7 Å². The van der Waals surface area contributed by atoms with Crippen molar-refractivity contribution in [2.75, 3.05) is 38.0 Å². The van der Waals surface area contributed by atoms with E-state index in [0.29, 0.717) is 18.3 Å². The molecule has 1 spiro atoms. The summed E-state index contributed by atoms with van der Waals surface area (Å²) in [6.07, 6.45) is 7.58. The molecule has 7 nitrogen and oxygen atoms in total. The number of hydrogen-bond donors (Lipinski definition) is 2. The molecule has 4 aliphatic rings. The lowest BCUT2D eigenvalue weighted by atomic mass is 9.90. The lowest BCUT2D eigenvalue weighted by Crippen LogP contribution is -2.54. The van der Waals surface area contributed by atoms with Crippen LogP contribution < -0.4 is 10.1 Å². The average molecular weight is 477 g/mol. The lowest BCUT2D eigenvalue weighted by Gasteiger charge is -2.44. The van der Waals surface area contributed by atoms with Gasteiger partial charge in [0.05, 0.1) is 12.1 Å². The Kier molecular flexibility index (Phi) is 6.41. The molecule has 0 radical (unpaired) electrons. The number of alkyl halides is 2. The van der Waals surface area contributed by atoms with Gasteiger partial charge in [-0.05, 0) is 63.1 Å². The van der Waals surface area contributed by atoms with Crippen LogP contribution in [0.2, 0.25) is 0 Å². The number of β-amino-alcohol motifs (C(OH)–C–C–N with tert-alkyl or cyclic N) is 1. The molecular weight excluding hydrogens is 442 g/mol. The molecule has 1 aliphatic carbocycles. The third kappa shape index (κ3) is 4.73. The highest BCUT2D eigenvalue weighted by atomic mass is 19.3. The van der Waals surface area contributed by atoms with Crippen LogP contribution in [0, 0.1) is 5.41 Å². The van der Waals surface area contributed by atoms with Crippen LogP contribution in [0.25, 0.3) is 0 Å². The van der Waals surface area contributed by atoms with Crippen molar-refractivity contribution >= 4 is 11.7 Å². The van der Waals surface area contributed by atoms with E-state index in [2.05, 4.69) is 25.9 Å². The first-order valence-electron chi connectivity index (χ1n) is 12.3. The van der Waals surface area contributed by atoms with Crippen molar-refractivity contribution in [3.8, 4) is 5.75 Å². The number of amides is 2. The van der Waals surface area contributed by atoms with E-state index < -0.39 is 6.61 Å². The van der Waals surface area contributed by atoms with Gasteiger partial charge < -0.3 is 29.9 Å². The first kappa shape index (κ1) is 23.4. The van der Waals surface area contributed by atoms with Crippen molar-refractivity contribution in [2.24, 2.45) is 5.41 Å². The fraction of sp³-hybridized carbons (Fsp3) is 0.640. The number of anilines is 1. The molecular formula is C25H34F2N4O3. The topological polar surface area (TPSA) is 68.3 Å². The number of benzene rings is 1. The highest BCUT2D eigenvalue weighted by molar-refractivity contribution is 5.90. The monoisotopic (exact) mass is 476 g/mol. The third-order valence-corrected chi connectivity index (χ3v) is 8.15. The second kappa shape index (κ2) is 9.34. The normalized spacial score (nSPS) is 28.1. The zero-order valence-electron chi connectivity index (χ0n) is 19.6. The molecule has 0 bridgehead atoms. The Morgan fingerprint density at radius 1 is 1.26 bits per heavy atom. The summed E-state index contributed by atoms with van der Waals surface area (Å²) in [6, 6.07) is 6.18. The summed E-state index contributed by atoms with van der Waals surface area (Å²) >= 11 is 0. The van der Waals surface area contributed by atoms with Crippen LogP contribution in [0.4, 0.5) is 19.3 Å². The van der Waals surface area contributed by atoms with Gasteiger partial charge in [0, 0.05) is 49.7 Å². The fourth-order valence-electron chi connectivity index (χ4n) is 5.85. The zero-order valence-corrected chi connectivity index (χ0v) is 19.6. The molecule has 3 unspecified atom stereocenters. The van der Waals surface area contributed by atoms with Crippen LogP contribution in [-0.4, -0.2) is 83.4 Å². The van der Waals surface area contributed by atoms with Crippen molar-refractivity contribution < 1.29 is 23.4 Å². The molecule has 0 aromatic heterocycles. The van der Waals surface area contributed by atoms with Crippen molar-refractivity contribution in [2.45, 2.75) is 63.8 Å². The van der Waals surface area contributed by atoms with Crippen LogP contribution in [0.5, 0.6) is 5.75 Å². The predicted molar refractivity (Wildman–Crippen MR) is 125 cm³/mol. The van der Waals surface area contributed by atoms with Gasteiger partial charge >= 0.3 is 12.6 Å². The van der Waals surface area contributed by atoms with Crippen LogP contribution in [0.15, 0.2) is 36.0 Å². The number of fused-ring (bicyclic) bond motifs is 1. The van der Waals surface area contributed by atoms with Crippen molar-refractivity contribution in [3.63, 3.8) is 0 Å². The number of piperazine rings is 1. The second-order valence-electron chi connectivity index (χ2n) is 10.1. The summed E-state index contributed by atoms with van der Waals surface area (Å²) in [4.78, 5) is 19.6. The Balaban J connectivity index is 1.13. The molecule has 2 saturated heterocycles. The molecule has 9 heteroatoms. The van der Waals surface area contributed by atoms with E-state index in [4.69, 9.17) is 0 Å². The van der Waals surface area contributed by atoms with Gasteiger partial charge in [-0.2, -0.15) is 8.78 Å². The maximum absolute atomic E-state index is 13.0. The van der Waals surface area contributed by atoms with Gasteiger partial charge in [-0.25, -0.2) is 4.79 Å². The van der Waals surface area contributed by atoms with Gasteiger partial charge in [-0.3, -0.25) is 0 Å². The fourth-order valence-corrected chi connectivity index (χ4v) is 5.85. The Hall–Kier alpha value is -2.39. The summed E-state index contributed by atoms with van der Waals surface area (Å²) in [5.41, 5.74) is 1.84. The number of carbonyl (C=O) groups excluding carboxylic acids is 1. The molecule has 3 aliphatic heterocycles. The Morgan fingerprint density at radius 2 is 2.09 bits per heavy atom. The number of piperidine rings is 1. The van der Waals surface area contributed by atoms with Gasteiger partial charge in [0.1, 0.15) is 5.75 Å². The summed E-state index contributed by atoms with van der Waals surface area (Å²) in [6.45, 7) is 3.36. The lowest BCUT2D eigenvalue weighted by molar-refractivity contribution is -0.0498. The van der Waals surface area contributed by atoms with Crippen LogP contribution in [0.1, 0.15) is 39.0 Å². The van der Waals surface area contributed by atoms with Crippen molar-refractivity contribution in [3.05, 3.63) is 36.0 Å². The number of ether oxygens (including phenoxy) is 1. The van der Waals surface area contributed by atoms with Crippen LogP contribution >= 0.6 is 0 Å². The number of carbonyl (C=O) groups is 1. The van der Waals surface area contributed by atoms with Crippen molar-refractivity contribution in [1.29, 1.82) is 0 Å². The Bertz CT molecular complexity index is 938. The number of aliphatic hydroxyl groups excluding tert-OH is 1. The highest BCUT2D eigenvalue weighted by Gasteiger charge is 2.51. The van der Waals surface area contributed by atoms with Gasteiger partial charge in [0.2, 0.25) is 0 Å². The Morgan fingerprint density at radius 3 is 2.82 bits per heavy atom. The minimum Gasteiger partial charge on any atom is -0.435 e. The van der Waals surface area contributed by atoms with Gasteiger partial charge in [-0.1, -0.05) is 12.1 Å². The number of likely N-dealkylation sites (tertiary alicyclic amines) is 1. The number of hydrogen-bond acceptors (Lipinski definition) is 5. The average Bonchev–Trinajstić information content (AvgIpc) is 3.46. The summed E-state index contributed by atoms with van der Waals surface area (Å²) in [5.74, 6) is 0.0144. The minimum absolute atomic E-state index is 0.0144. The van der Waals surface area contributed by atoms with E-state index in [1.54, 1.807) is 17.0 Å². The minimum atomic E-state index is -2.91. The molecule has 3 fully saturated rings. The van der Waals surface area contributed by atoms with E-state index in [-0.39, 0.29) is 29.3 Å². The number of halogens is 2. The van der Waals surface area contributed by atoms with Gasteiger partial charge in [0.25, 0.3) is 0 Å². The van der Waals surface area contributed by atoms with E-state index >= 15 is 0 Å². The zero-order chi connectivity index (χ0) is 23.9. The number of nitrogens with one attached hydrogen (secondary N) is 1. The molecule has 3 heterocycles. The largest absolute Gasteiger partial charge is 0.435 e. The van der Waals surface area contributed by atoms with E-state index in [1.807, 2.05) is 6.92 Å². The molecule has 2 amide bonds. The highest BCUT2D eigenvalue weighted by Crippen LogP contribution is 2.53. The van der Waals surface area contributed by atoms with E-state index in [0.717, 1.165) is 45.4 Å². The molecule has 186 valence electrons. The number of nitrogens with zero attached hydrogens (tertiary/aromatic N) is 3. The molecule has 3 atom stereocenters. The van der Waals surface area contributed by atoms with Gasteiger partial charge in [0.15, 0.2) is 0 Å². The molecule has 2 N–H and O–H groups in total. The number of urea groups is 1. The summed E-state index contributed by atoms with van der Waals surface area (Å²) < 4.78 is 29.4. The summed E-state index contributed by atoms with van der Waals surface area (Å²) in [7, 11) is 0. The molecule has 5 rings (SSSR count). The maximum atomic E-state index is 13.0. The summed E-state index contributed by atoms with van der Waals surface area (Å²) in [5, 5.41) is 13.3. The predicted octanol–water partition coefficient (Wildman–Crippen LogP) is 3.72. The van der Waals surface area contributed by atoms with Crippen molar-refractivity contribution in [1.82, 2.24) is 14.7 Å². The quantitative estimate of drug-likeness (QED) is 0.655. The standard InChI is InChI=1S/C25H34F2N4O3/c1-17-21-6-5-19(7-11-29-12-10-25(8-9-25)22(32)16-29)31(21)14-13-30(17)24(33)28-18-3-2-4-20(15-18)34-23(26)27/h2-4,6,15,17,19,22-23,32H,5,7-14,16H2,1H3,(H,28,33). The molecule has 1 saturated carbocycles. The van der Waals surface area contributed by atoms with Crippen LogP contribution in [-0.2, 0) is 0 Å². The molecule has 1 aromatic carbocycles. The third-order valence-electron chi connectivity index (χ3n) is 8.15. The number of rotatable bonds is 6. The smallest absolute Gasteiger partial charge is 0.387 e. The van der Waals surface area contributed by atoms with Gasteiger partial charge in [-0.15, -0.1) is 0 Å². The van der Waals surface area contributed by atoms with Crippen LogP contribution in [0.3, 0.4) is 0 Å². The maximum Gasteiger partial charge on any atom is 0.387 e. The number of aliphatic hydroxyl groups is 1. The Labute approximate surface area is 199 Å². The molecule has 1 aromatic rings. The molecule has 34 heavy (non-hydrogen) atoms. The SMILES string of the molecule is CC1C2=CCC(CCN3CCC4(CC4)C(O)C3)N2CCN1C(=O)Nc1cccc(OC(F)F)c1. The first-order valence-corrected chi connectivity index (χ1v) is 12.3. The second-order valence-corrected chi connectivity index (χ2v) is 10.1. The van der Waals surface area contributed by atoms with E-state index in [9.17, 15) is 18.7 Å².